The molecule has 1 N–H and O–H groups in total. The van der Waals surface area contributed by atoms with Crippen LogP contribution in [0.4, 0.5) is 0 Å². The minimum Gasteiger partial charge on any atom is -0.493 e. The molecule has 1 aromatic heterocycles. The summed E-state index contributed by atoms with van der Waals surface area (Å²) in [6.45, 7) is 5.96. The van der Waals surface area contributed by atoms with Gasteiger partial charge in [-0.1, -0.05) is 13.8 Å². The molecule has 0 aliphatic heterocycles. The maximum Gasteiger partial charge on any atom is 0.160 e. The van der Waals surface area contributed by atoms with Gasteiger partial charge in [-0.15, -0.1) is 0 Å². The highest BCUT2D eigenvalue weighted by molar-refractivity contribution is 5.31. The van der Waals surface area contributed by atoms with E-state index in [0.29, 0.717) is 6.42 Å². The van der Waals surface area contributed by atoms with Crippen LogP contribution in [0.15, 0.2) is 6.20 Å². The molecule has 1 unspecified atom stereocenters. The number of hydrogen-bond acceptors (Lipinski definition) is 3. The summed E-state index contributed by atoms with van der Waals surface area (Å²) in [7, 11) is 3.53. The molecule has 1 aromatic rings. The van der Waals surface area contributed by atoms with Crippen LogP contribution in [0.1, 0.15) is 32.9 Å². The van der Waals surface area contributed by atoms with Crippen LogP contribution in [0.5, 0.6) is 5.75 Å². The summed E-state index contributed by atoms with van der Waals surface area (Å²) in [6, 6.07) is 0. The largest absolute Gasteiger partial charge is 0.493 e. The molecule has 0 fully saturated rings. The normalized spacial score (nSPS) is 14.0. The van der Waals surface area contributed by atoms with Crippen LogP contribution in [0.3, 0.4) is 0 Å². The molecule has 15 heavy (non-hydrogen) atoms. The Balaban J connectivity index is 3.07. The number of hydrogen-bond donors (Lipinski definition) is 1. The number of rotatable bonds is 4. The molecule has 4 nitrogen and oxygen atoms in total. The first-order valence-electron chi connectivity index (χ1n) is 5.13. The van der Waals surface area contributed by atoms with Crippen molar-refractivity contribution in [2.75, 3.05) is 7.11 Å². The van der Waals surface area contributed by atoms with Gasteiger partial charge in [0.25, 0.3) is 0 Å². The highest BCUT2D eigenvalue weighted by atomic mass is 16.5. The third-order valence-corrected chi connectivity index (χ3v) is 2.57. The van der Waals surface area contributed by atoms with Crippen molar-refractivity contribution in [3.8, 4) is 5.75 Å². The molecule has 1 rings (SSSR count). The SMILES string of the molecule is COc1cnn(C)c1C(C)(C)CC(C)O. The Kier molecular flexibility index (Phi) is 3.39. The van der Waals surface area contributed by atoms with Gasteiger partial charge in [-0.3, -0.25) is 4.68 Å². The highest BCUT2D eigenvalue weighted by Crippen LogP contribution is 2.34. The maximum absolute atomic E-state index is 9.47. The Morgan fingerprint density at radius 3 is 2.67 bits per heavy atom. The number of aromatic nitrogens is 2. The minimum absolute atomic E-state index is 0.148. The van der Waals surface area contributed by atoms with E-state index < -0.39 is 0 Å². The van der Waals surface area contributed by atoms with Gasteiger partial charge in [0.2, 0.25) is 0 Å². The summed E-state index contributed by atoms with van der Waals surface area (Å²) >= 11 is 0. The van der Waals surface area contributed by atoms with Crippen LogP contribution >= 0.6 is 0 Å². The second-order valence-electron chi connectivity index (χ2n) is 4.62. The summed E-state index contributed by atoms with van der Waals surface area (Å²) in [5.74, 6) is 0.781. The van der Waals surface area contributed by atoms with E-state index in [1.807, 2.05) is 7.05 Å². The fourth-order valence-corrected chi connectivity index (χ4v) is 2.17. The van der Waals surface area contributed by atoms with Crippen LogP contribution in [0, 0.1) is 0 Å². The Morgan fingerprint density at radius 2 is 2.20 bits per heavy atom. The number of aliphatic hydroxyl groups excluding tert-OH is 1. The van der Waals surface area contributed by atoms with Gasteiger partial charge in [0.1, 0.15) is 0 Å². The second kappa shape index (κ2) is 4.23. The van der Waals surface area contributed by atoms with E-state index in [2.05, 4.69) is 18.9 Å². The Hall–Kier alpha value is -1.03. The van der Waals surface area contributed by atoms with Gasteiger partial charge < -0.3 is 9.84 Å². The standard InChI is InChI=1S/C11H20N2O2/c1-8(14)6-11(2,3)10-9(15-5)7-12-13(10)4/h7-8,14H,6H2,1-5H3. The lowest BCUT2D eigenvalue weighted by atomic mass is 9.83. The average molecular weight is 212 g/mol. The Labute approximate surface area is 90.9 Å². The summed E-state index contributed by atoms with van der Waals surface area (Å²) < 4.78 is 7.08. The van der Waals surface area contributed by atoms with Crippen LogP contribution in [-0.2, 0) is 12.5 Å². The molecule has 4 heteroatoms. The van der Waals surface area contributed by atoms with Crippen molar-refractivity contribution in [3.05, 3.63) is 11.9 Å². The first-order valence-corrected chi connectivity index (χ1v) is 5.13. The quantitative estimate of drug-likeness (QED) is 0.822. The molecule has 0 saturated heterocycles. The molecule has 0 radical (unpaired) electrons. The minimum atomic E-state index is -0.334. The van der Waals surface area contributed by atoms with Gasteiger partial charge in [0.15, 0.2) is 5.75 Å². The summed E-state index contributed by atoms with van der Waals surface area (Å²) in [5, 5.41) is 13.6. The van der Waals surface area contributed by atoms with Gasteiger partial charge >= 0.3 is 0 Å². The van der Waals surface area contributed by atoms with Crippen molar-refractivity contribution in [1.82, 2.24) is 9.78 Å². The monoisotopic (exact) mass is 212 g/mol. The molecular weight excluding hydrogens is 192 g/mol. The number of ether oxygens (including phenoxy) is 1. The van der Waals surface area contributed by atoms with Crippen molar-refractivity contribution in [1.29, 1.82) is 0 Å². The van der Waals surface area contributed by atoms with E-state index in [1.54, 1.807) is 24.9 Å². The van der Waals surface area contributed by atoms with Crippen molar-refractivity contribution in [2.24, 2.45) is 7.05 Å². The molecule has 0 aliphatic rings. The van der Waals surface area contributed by atoms with Gasteiger partial charge in [-0.2, -0.15) is 5.10 Å². The predicted molar refractivity (Wildman–Crippen MR) is 59.1 cm³/mol. The van der Waals surface area contributed by atoms with Crippen molar-refractivity contribution in [2.45, 2.75) is 38.7 Å². The van der Waals surface area contributed by atoms with E-state index in [9.17, 15) is 5.11 Å². The molecular formula is C11H20N2O2. The lowest BCUT2D eigenvalue weighted by molar-refractivity contribution is 0.153. The van der Waals surface area contributed by atoms with E-state index in [1.165, 1.54) is 0 Å². The van der Waals surface area contributed by atoms with E-state index >= 15 is 0 Å². The topological polar surface area (TPSA) is 47.3 Å². The fraction of sp³-hybridized carbons (Fsp3) is 0.727. The lowest BCUT2D eigenvalue weighted by Crippen LogP contribution is -2.26. The van der Waals surface area contributed by atoms with E-state index in [0.717, 1.165) is 11.4 Å². The summed E-state index contributed by atoms with van der Waals surface area (Å²) in [4.78, 5) is 0. The van der Waals surface area contributed by atoms with Gasteiger partial charge in [0.05, 0.1) is 25.1 Å². The molecule has 0 spiro atoms. The van der Waals surface area contributed by atoms with Crippen molar-refractivity contribution in [3.63, 3.8) is 0 Å². The lowest BCUT2D eigenvalue weighted by Gasteiger charge is -2.27. The van der Waals surface area contributed by atoms with Gasteiger partial charge in [-0.05, 0) is 13.3 Å². The average Bonchev–Trinajstić information content (AvgIpc) is 2.44. The first-order chi connectivity index (χ1) is 6.88. The van der Waals surface area contributed by atoms with Crippen LogP contribution in [0.25, 0.3) is 0 Å². The maximum atomic E-state index is 9.47. The number of aryl methyl sites for hydroxylation is 1. The zero-order valence-electron chi connectivity index (χ0n) is 10.1. The van der Waals surface area contributed by atoms with Crippen LogP contribution in [-0.4, -0.2) is 28.1 Å². The highest BCUT2D eigenvalue weighted by Gasteiger charge is 2.29. The third-order valence-electron chi connectivity index (χ3n) is 2.57. The van der Waals surface area contributed by atoms with Crippen LogP contribution in [0.2, 0.25) is 0 Å². The molecule has 0 bridgehead atoms. The number of methoxy groups -OCH3 is 1. The second-order valence-corrected chi connectivity index (χ2v) is 4.62. The van der Waals surface area contributed by atoms with Gasteiger partial charge in [-0.25, -0.2) is 0 Å². The molecule has 1 heterocycles. The summed E-state index contributed by atoms with van der Waals surface area (Å²) in [5.41, 5.74) is 0.871. The molecule has 86 valence electrons. The fourth-order valence-electron chi connectivity index (χ4n) is 2.17. The first kappa shape index (κ1) is 12.0. The Bertz CT molecular complexity index is 329. The molecule has 0 amide bonds. The molecule has 0 aliphatic carbocycles. The van der Waals surface area contributed by atoms with Gasteiger partial charge in [0, 0.05) is 12.5 Å². The number of nitrogens with zero attached hydrogens (tertiary/aromatic N) is 2. The molecule has 0 saturated carbocycles. The third kappa shape index (κ3) is 2.50. The van der Waals surface area contributed by atoms with Crippen molar-refractivity contribution >= 4 is 0 Å². The van der Waals surface area contributed by atoms with Crippen molar-refractivity contribution < 1.29 is 9.84 Å². The van der Waals surface area contributed by atoms with Crippen LogP contribution < -0.4 is 4.74 Å². The number of aliphatic hydroxyl groups is 1. The van der Waals surface area contributed by atoms with E-state index in [-0.39, 0.29) is 11.5 Å². The molecule has 0 aromatic carbocycles. The zero-order valence-corrected chi connectivity index (χ0v) is 10.1. The smallest absolute Gasteiger partial charge is 0.160 e. The Morgan fingerprint density at radius 1 is 1.60 bits per heavy atom. The van der Waals surface area contributed by atoms with E-state index in [4.69, 9.17) is 4.74 Å². The zero-order chi connectivity index (χ0) is 11.6. The summed E-state index contributed by atoms with van der Waals surface area (Å²) in [6.07, 6.45) is 2.06. The predicted octanol–water partition coefficient (Wildman–Crippen LogP) is 1.48. The molecule has 1 atom stereocenters.